The summed E-state index contributed by atoms with van der Waals surface area (Å²) >= 11 is 5.62. The molecule has 0 amide bonds. The van der Waals surface area contributed by atoms with Gasteiger partial charge in [0, 0.05) is 10.6 Å². The van der Waals surface area contributed by atoms with E-state index >= 15 is 0 Å². The predicted octanol–water partition coefficient (Wildman–Crippen LogP) is 2.53. The number of carbonyl (C=O) groups is 1. The number of hydrogen-bond donors (Lipinski definition) is 0. The Labute approximate surface area is 79.7 Å². The molecule has 1 aromatic carbocycles. The van der Waals surface area contributed by atoms with Gasteiger partial charge in [0.05, 0.1) is 0 Å². The minimum absolute atomic E-state index is 0.338. The molecule has 0 saturated carbocycles. The first kappa shape index (κ1) is 9.54. The van der Waals surface area contributed by atoms with Crippen molar-refractivity contribution in [2.75, 3.05) is 0 Å². The van der Waals surface area contributed by atoms with E-state index in [0.29, 0.717) is 10.6 Å². The van der Waals surface area contributed by atoms with Gasteiger partial charge in [-0.3, -0.25) is 10.0 Å². The monoisotopic (exact) mass is 194 g/mol. The Balaban J connectivity index is 2.83. The van der Waals surface area contributed by atoms with Crippen molar-refractivity contribution < 1.29 is 4.79 Å². The quantitative estimate of drug-likeness (QED) is 0.316. The standard InChI is InChI=1S/C8H5ClN3O/c9-7-3-1-6(2-4-7)8(13)5-11-12-10/h1-5H/q-1. The third-order valence-corrected chi connectivity index (χ3v) is 1.61. The number of ketones is 1. The normalized spacial score (nSPS) is 10.2. The van der Waals surface area contributed by atoms with E-state index in [1.54, 1.807) is 24.3 Å². The molecule has 0 aliphatic rings. The number of hydrogen-bond acceptors (Lipinski definition) is 2. The number of nitrogens with zero attached hydrogens (tertiary/aromatic N) is 3. The van der Waals surface area contributed by atoms with E-state index in [1.165, 1.54) is 0 Å². The lowest BCUT2D eigenvalue weighted by atomic mass is 10.1. The van der Waals surface area contributed by atoms with Gasteiger partial charge in [0.15, 0.2) is 5.78 Å². The van der Waals surface area contributed by atoms with E-state index < -0.39 is 0 Å². The summed E-state index contributed by atoms with van der Waals surface area (Å²) in [4.78, 5) is 11.2. The molecule has 66 valence electrons. The van der Waals surface area contributed by atoms with Gasteiger partial charge in [-0.25, -0.2) is 0 Å². The molecule has 4 nitrogen and oxygen atoms in total. The lowest BCUT2D eigenvalue weighted by Gasteiger charge is -1.95. The molecule has 0 bridgehead atoms. The molecule has 0 unspecified atom stereocenters. The summed E-state index contributed by atoms with van der Waals surface area (Å²) in [7, 11) is 0. The van der Waals surface area contributed by atoms with Crippen molar-refractivity contribution in [3.63, 3.8) is 0 Å². The lowest BCUT2D eigenvalue weighted by molar-refractivity contribution is 0.107. The molecular weight excluding hydrogens is 190 g/mol. The Hall–Kier alpha value is -1.55. The molecule has 0 saturated heterocycles. The molecule has 5 heteroatoms. The molecular formula is C8H5ClN3O-. The van der Waals surface area contributed by atoms with E-state index in [9.17, 15) is 4.79 Å². The topological polar surface area (TPSA) is 64.1 Å². The summed E-state index contributed by atoms with van der Waals surface area (Å²) in [6.45, 7) is 0. The van der Waals surface area contributed by atoms with Crippen molar-refractivity contribution >= 4 is 23.6 Å². The number of carbonyl (C=O) groups excluding carboxylic acids is 1. The Bertz CT molecular complexity index is 345. The van der Waals surface area contributed by atoms with E-state index in [2.05, 4.69) is 10.3 Å². The molecule has 0 N–H and O–H groups in total. The Kier molecular flexibility index (Phi) is 3.28. The fourth-order valence-corrected chi connectivity index (χ4v) is 0.893. The molecule has 0 aliphatic carbocycles. The van der Waals surface area contributed by atoms with E-state index in [4.69, 9.17) is 17.1 Å². The van der Waals surface area contributed by atoms with Crippen LogP contribution in [0.4, 0.5) is 0 Å². The van der Waals surface area contributed by atoms with Gasteiger partial charge in [-0.1, -0.05) is 11.6 Å². The van der Waals surface area contributed by atoms with E-state index in [-0.39, 0.29) is 5.78 Å². The van der Waals surface area contributed by atoms with Crippen molar-refractivity contribution in [1.82, 2.24) is 0 Å². The van der Waals surface area contributed by atoms with Crippen molar-refractivity contribution in [3.05, 3.63) is 40.4 Å². The van der Waals surface area contributed by atoms with Crippen molar-refractivity contribution in [1.29, 1.82) is 0 Å². The smallest absolute Gasteiger partial charge is 0.183 e. The summed E-state index contributed by atoms with van der Waals surface area (Å²) in [6, 6.07) is 6.32. The van der Waals surface area contributed by atoms with Crippen LogP contribution in [0.5, 0.6) is 0 Å². The Morgan fingerprint density at radius 2 is 2.00 bits per heavy atom. The second kappa shape index (κ2) is 4.47. The fourth-order valence-electron chi connectivity index (χ4n) is 0.767. The van der Waals surface area contributed by atoms with E-state index in [1.807, 2.05) is 0 Å². The van der Waals surface area contributed by atoms with Crippen molar-refractivity contribution in [2.24, 2.45) is 10.3 Å². The first-order valence-corrected chi connectivity index (χ1v) is 3.79. The number of rotatable bonds is 3. The first-order valence-electron chi connectivity index (χ1n) is 3.41. The average Bonchev–Trinajstić information content (AvgIpc) is 2.15. The van der Waals surface area contributed by atoms with Gasteiger partial charge in [-0.2, -0.15) is 0 Å². The van der Waals surface area contributed by atoms with Gasteiger partial charge >= 0.3 is 0 Å². The number of benzene rings is 1. The zero-order valence-corrected chi connectivity index (χ0v) is 7.27. The fraction of sp³-hybridized carbons (Fsp3) is 0. The zero-order valence-electron chi connectivity index (χ0n) is 6.51. The van der Waals surface area contributed by atoms with Gasteiger partial charge < -0.3 is 10.6 Å². The molecule has 0 spiro atoms. The largest absolute Gasteiger partial charge is 0.362 e. The summed E-state index contributed by atoms with van der Waals surface area (Å²) in [5.41, 5.74) is 8.40. The van der Waals surface area contributed by atoms with Gasteiger partial charge in [-0.15, -0.1) is 0 Å². The summed E-state index contributed by atoms with van der Waals surface area (Å²) in [6.07, 6.45) is 0.920. The van der Waals surface area contributed by atoms with Gasteiger partial charge in [0.25, 0.3) is 0 Å². The molecule has 1 aromatic rings. The van der Waals surface area contributed by atoms with Crippen LogP contribution in [-0.4, -0.2) is 12.0 Å². The first-order chi connectivity index (χ1) is 6.24. The van der Waals surface area contributed by atoms with E-state index in [0.717, 1.165) is 6.21 Å². The van der Waals surface area contributed by atoms with Crippen LogP contribution < -0.4 is 0 Å². The maximum absolute atomic E-state index is 11.2. The highest BCUT2D eigenvalue weighted by molar-refractivity contribution is 6.35. The van der Waals surface area contributed by atoms with Crippen LogP contribution in [-0.2, 0) is 0 Å². The van der Waals surface area contributed by atoms with Gasteiger partial charge in [0.1, 0.15) is 0 Å². The maximum atomic E-state index is 11.2. The number of halogens is 1. The average molecular weight is 195 g/mol. The molecule has 0 aliphatic heterocycles. The Morgan fingerprint density at radius 3 is 2.54 bits per heavy atom. The molecule has 0 aromatic heterocycles. The minimum Gasteiger partial charge on any atom is -0.362 e. The number of Topliss-reactive ketones (excluding diaryl/α,β-unsaturated/α-hetero) is 1. The molecule has 0 heterocycles. The van der Waals surface area contributed by atoms with Crippen molar-refractivity contribution in [2.45, 2.75) is 0 Å². The third-order valence-electron chi connectivity index (χ3n) is 1.36. The molecule has 0 radical (unpaired) electrons. The maximum Gasteiger partial charge on any atom is 0.183 e. The Morgan fingerprint density at radius 1 is 1.38 bits per heavy atom. The zero-order chi connectivity index (χ0) is 9.68. The highest BCUT2D eigenvalue weighted by Crippen LogP contribution is 2.09. The van der Waals surface area contributed by atoms with Crippen LogP contribution in [0.3, 0.4) is 0 Å². The SMILES string of the molecule is [N-]=NN=CC(=O)c1ccc(Cl)cc1. The molecule has 13 heavy (non-hydrogen) atoms. The van der Waals surface area contributed by atoms with Gasteiger partial charge in [0.2, 0.25) is 0 Å². The highest BCUT2D eigenvalue weighted by atomic mass is 35.5. The molecule has 0 fully saturated rings. The molecule has 1 rings (SSSR count). The summed E-state index contributed by atoms with van der Waals surface area (Å²) in [5, 5.41) is 6.04. The van der Waals surface area contributed by atoms with Gasteiger partial charge in [-0.05, 0) is 30.5 Å². The minimum atomic E-state index is -0.338. The van der Waals surface area contributed by atoms with Crippen molar-refractivity contribution in [3.8, 4) is 0 Å². The highest BCUT2D eigenvalue weighted by Gasteiger charge is 1.98. The van der Waals surface area contributed by atoms with Crippen LogP contribution in [0, 0.1) is 0 Å². The van der Waals surface area contributed by atoms with Crippen LogP contribution >= 0.6 is 11.6 Å². The second-order valence-corrected chi connectivity index (χ2v) is 2.64. The summed E-state index contributed by atoms with van der Waals surface area (Å²) in [5.74, 6) is -0.338. The van der Waals surface area contributed by atoms with Crippen LogP contribution in [0.2, 0.25) is 5.02 Å². The van der Waals surface area contributed by atoms with Crippen LogP contribution in [0.15, 0.2) is 34.6 Å². The second-order valence-electron chi connectivity index (χ2n) is 2.21. The summed E-state index contributed by atoms with van der Waals surface area (Å²) < 4.78 is 0. The lowest BCUT2D eigenvalue weighted by Crippen LogP contribution is -1.98. The van der Waals surface area contributed by atoms with Crippen LogP contribution in [0.25, 0.3) is 5.53 Å². The third kappa shape index (κ3) is 2.76. The van der Waals surface area contributed by atoms with Crippen LogP contribution in [0.1, 0.15) is 10.4 Å². The molecule has 0 atom stereocenters. The predicted molar refractivity (Wildman–Crippen MR) is 50.1 cm³/mol.